The molecule has 350 valence electrons. The van der Waals surface area contributed by atoms with E-state index in [0.29, 0.717) is 25.7 Å². The smallest absolute Gasteiger partial charge is 0.297 e. The fourth-order valence-electron chi connectivity index (χ4n) is 8.59. The molecule has 1 aromatic rings. The number of carbonyl (C=O) groups excluding carboxylic acids is 5. The zero-order valence-corrected chi connectivity index (χ0v) is 41.3. The number of allylic oxidation sites excluding steroid dienone is 2. The number of carbonyl (C=O) groups is 5. The number of benzene rings is 1. The van der Waals surface area contributed by atoms with Crippen LogP contribution in [0.3, 0.4) is 0 Å². The fourth-order valence-corrected chi connectivity index (χ4v) is 8.59. The zero-order valence-electron chi connectivity index (χ0n) is 41.3. The van der Waals surface area contributed by atoms with E-state index in [1.165, 1.54) is 30.3 Å². The molecule has 62 heavy (non-hydrogen) atoms. The molecular formula is C49H76O13. The molecule has 0 spiro atoms. The standard InChI is InChI=1S/C49H76O13/c1-41(2,3)28-45(13,14)59-55-37(51)34-23-21-22-32(26-34)36(50)33-24-25-49(39(53)57-61-47(17,18)30-43(7,8)9,40(54)58-62-48(19,20)31-44(10,11)12)35(27-33)38(52)56-60-46(15,16)29-42(4,5)6/h21-27,35H,28-31H2,1-20H3. The Morgan fingerprint density at radius 2 is 0.855 bits per heavy atom. The van der Waals surface area contributed by atoms with Crippen molar-refractivity contribution < 1.29 is 63.1 Å². The van der Waals surface area contributed by atoms with Gasteiger partial charge in [-0.25, -0.2) is 19.2 Å². The van der Waals surface area contributed by atoms with Crippen LogP contribution in [-0.4, -0.2) is 52.1 Å². The lowest BCUT2D eigenvalue weighted by molar-refractivity contribution is -0.350. The van der Waals surface area contributed by atoms with E-state index >= 15 is 0 Å². The molecule has 1 aromatic carbocycles. The van der Waals surface area contributed by atoms with Crippen LogP contribution < -0.4 is 0 Å². The van der Waals surface area contributed by atoms with E-state index in [9.17, 15) is 24.0 Å². The summed E-state index contributed by atoms with van der Waals surface area (Å²) in [6, 6.07) is 5.72. The predicted molar refractivity (Wildman–Crippen MR) is 235 cm³/mol. The second-order valence-electron chi connectivity index (χ2n) is 24.0. The van der Waals surface area contributed by atoms with Gasteiger partial charge in [-0.2, -0.15) is 19.6 Å². The van der Waals surface area contributed by atoms with Crippen LogP contribution in [0.2, 0.25) is 0 Å². The van der Waals surface area contributed by atoms with E-state index in [0.717, 1.165) is 12.2 Å². The van der Waals surface area contributed by atoms with Gasteiger partial charge in [0.15, 0.2) is 5.78 Å². The Hall–Kier alpha value is -3.91. The van der Waals surface area contributed by atoms with Crippen LogP contribution in [0.5, 0.6) is 0 Å². The van der Waals surface area contributed by atoms with Gasteiger partial charge in [-0.15, -0.1) is 0 Å². The van der Waals surface area contributed by atoms with Gasteiger partial charge in [-0.1, -0.05) is 113 Å². The molecule has 0 radical (unpaired) electrons. The Balaban J connectivity index is 2.73. The molecule has 0 aliphatic heterocycles. The van der Waals surface area contributed by atoms with Crippen molar-refractivity contribution in [3.63, 3.8) is 0 Å². The Kier molecular flexibility index (Phi) is 17.0. The quantitative estimate of drug-likeness (QED) is 0.0594. The van der Waals surface area contributed by atoms with Gasteiger partial charge in [-0.3, -0.25) is 24.3 Å². The maximum atomic E-state index is 14.5. The fraction of sp³-hybridized carbons (Fsp3) is 0.694. The predicted octanol–water partition coefficient (Wildman–Crippen LogP) is 11.3. The first kappa shape index (κ1) is 54.2. The van der Waals surface area contributed by atoms with Gasteiger partial charge in [-0.05, 0) is 115 Å². The maximum Gasteiger partial charge on any atom is 0.373 e. The summed E-state index contributed by atoms with van der Waals surface area (Å²) in [5.74, 6) is -7.32. The van der Waals surface area contributed by atoms with Crippen LogP contribution >= 0.6 is 0 Å². The minimum absolute atomic E-state index is 0.0137. The molecule has 13 nitrogen and oxygen atoms in total. The molecule has 1 aliphatic carbocycles. The lowest BCUT2D eigenvalue weighted by atomic mass is 9.70. The molecule has 0 aromatic heterocycles. The van der Waals surface area contributed by atoms with Crippen molar-refractivity contribution in [1.82, 2.24) is 0 Å². The highest BCUT2D eigenvalue weighted by Gasteiger charge is 2.60. The largest absolute Gasteiger partial charge is 0.373 e. The molecule has 0 amide bonds. The van der Waals surface area contributed by atoms with Gasteiger partial charge in [0, 0.05) is 11.1 Å². The number of ketones is 1. The molecule has 13 heteroatoms. The average molecular weight is 873 g/mol. The summed E-state index contributed by atoms with van der Waals surface area (Å²) < 4.78 is 0. The molecule has 0 saturated carbocycles. The van der Waals surface area contributed by atoms with Crippen LogP contribution in [0, 0.1) is 33.0 Å². The minimum atomic E-state index is -2.66. The van der Waals surface area contributed by atoms with Crippen LogP contribution in [-0.2, 0) is 53.5 Å². The van der Waals surface area contributed by atoms with Crippen molar-refractivity contribution >= 4 is 29.7 Å². The average Bonchev–Trinajstić information content (AvgIpc) is 3.06. The summed E-state index contributed by atoms with van der Waals surface area (Å²) in [5.41, 5.74) is -7.53. The second-order valence-corrected chi connectivity index (χ2v) is 24.0. The number of rotatable bonds is 18. The molecule has 1 atom stereocenters. The highest BCUT2D eigenvalue weighted by Crippen LogP contribution is 2.43. The third-order valence-corrected chi connectivity index (χ3v) is 9.12. The normalized spacial score (nSPS) is 16.6. The van der Waals surface area contributed by atoms with Crippen LogP contribution in [0.25, 0.3) is 0 Å². The first-order chi connectivity index (χ1) is 27.7. The van der Waals surface area contributed by atoms with Gasteiger partial charge in [0.05, 0.1) is 5.56 Å². The van der Waals surface area contributed by atoms with E-state index in [1.807, 2.05) is 83.1 Å². The first-order valence-electron chi connectivity index (χ1n) is 21.3. The molecule has 2 rings (SSSR count). The van der Waals surface area contributed by atoms with Gasteiger partial charge in [0.25, 0.3) is 0 Å². The van der Waals surface area contributed by atoms with E-state index in [-0.39, 0.29) is 38.4 Å². The highest BCUT2D eigenvalue weighted by molar-refractivity contribution is 6.14. The van der Waals surface area contributed by atoms with Crippen molar-refractivity contribution in [3.05, 3.63) is 59.2 Å². The third-order valence-electron chi connectivity index (χ3n) is 9.12. The summed E-state index contributed by atoms with van der Waals surface area (Å²) >= 11 is 0. The van der Waals surface area contributed by atoms with E-state index in [4.69, 9.17) is 39.1 Å². The molecule has 0 N–H and O–H groups in total. The maximum absolute atomic E-state index is 14.5. The first-order valence-corrected chi connectivity index (χ1v) is 21.3. The van der Waals surface area contributed by atoms with Gasteiger partial charge < -0.3 is 0 Å². The Morgan fingerprint density at radius 1 is 0.500 bits per heavy atom. The molecular weight excluding hydrogens is 797 g/mol. The lowest BCUT2D eigenvalue weighted by Gasteiger charge is -2.36. The van der Waals surface area contributed by atoms with Gasteiger partial charge in [0.2, 0.25) is 5.41 Å². The van der Waals surface area contributed by atoms with Crippen LogP contribution in [0.15, 0.2) is 48.1 Å². The summed E-state index contributed by atoms with van der Waals surface area (Å²) in [6.45, 7) is 37.9. The second kappa shape index (κ2) is 19.5. The number of Topliss-reactive ketones (excluding diaryl/α,β-unsaturated/α-hetero) is 1. The molecule has 0 bridgehead atoms. The molecule has 0 saturated heterocycles. The van der Waals surface area contributed by atoms with Gasteiger partial charge >= 0.3 is 23.9 Å². The van der Waals surface area contributed by atoms with Crippen molar-refractivity contribution in [2.45, 2.75) is 187 Å². The highest BCUT2D eigenvalue weighted by atomic mass is 17.2. The Bertz CT molecular complexity index is 1790. The van der Waals surface area contributed by atoms with Crippen LogP contribution in [0.1, 0.15) is 185 Å². The van der Waals surface area contributed by atoms with Crippen molar-refractivity contribution in [2.75, 3.05) is 0 Å². The molecule has 0 fully saturated rings. The monoisotopic (exact) mass is 873 g/mol. The van der Waals surface area contributed by atoms with E-state index < -0.39 is 63.4 Å². The summed E-state index contributed by atoms with van der Waals surface area (Å²) in [4.78, 5) is 115. The lowest BCUT2D eigenvalue weighted by Crippen LogP contribution is -2.51. The zero-order chi connectivity index (χ0) is 48.1. The molecule has 1 aliphatic rings. The topological polar surface area (TPSA) is 159 Å². The minimum Gasteiger partial charge on any atom is -0.297 e. The van der Waals surface area contributed by atoms with Crippen molar-refractivity contribution in [3.8, 4) is 0 Å². The molecule has 0 heterocycles. The number of hydrogen-bond acceptors (Lipinski definition) is 13. The molecule has 1 unspecified atom stereocenters. The van der Waals surface area contributed by atoms with E-state index in [1.54, 1.807) is 55.4 Å². The van der Waals surface area contributed by atoms with Crippen molar-refractivity contribution in [2.24, 2.45) is 33.0 Å². The summed E-state index contributed by atoms with van der Waals surface area (Å²) in [7, 11) is 0. The Labute approximate surface area is 370 Å². The van der Waals surface area contributed by atoms with Gasteiger partial charge in [0.1, 0.15) is 28.3 Å². The SMILES string of the molecule is CC(C)(C)CC(C)(C)OOC(=O)c1cccc(C(=O)C2=CC(C(=O)OOC(C)(C)CC(C)(C)C)C(C(=O)OOC(C)(C)CC(C)(C)C)(C(=O)OOC(C)(C)CC(C)(C)C)C=C2)c1. The van der Waals surface area contributed by atoms with Crippen molar-refractivity contribution in [1.29, 1.82) is 0 Å². The number of hydrogen-bond donors (Lipinski definition) is 0. The van der Waals surface area contributed by atoms with E-state index in [2.05, 4.69) is 0 Å². The summed E-state index contributed by atoms with van der Waals surface area (Å²) in [6.07, 6.45) is 5.23. The van der Waals surface area contributed by atoms with Crippen LogP contribution in [0.4, 0.5) is 0 Å². The third kappa shape index (κ3) is 17.7. The summed E-state index contributed by atoms with van der Waals surface area (Å²) in [5, 5.41) is 0. The Morgan fingerprint density at radius 3 is 1.24 bits per heavy atom.